The fraction of sp³-hybridized carbons (Fsp3) is 0. The molecule has 74 heavy (non-hydrogen) atoms. The minimum Gasteiger partial charge on any atom is -0.455 e. The molecule has 6 heteroatoms. The Morgan fingerprint density at radius 3 is 1.30 bits per heavy atom. The predicted octanol–water partition coefficient (Wildman–Crippen LogP) is 18.8. The Hall–Kier alpha value is -9.62. The Bertz CT molecular complexity index is 4560. The van der Waals surface area contributed by atoms with E-state index in [1.807, 2.05) is 23.5 Å². The SMILES string of the molecule is c1cc(-c2ccc3c4ccccc4c4nccnc4c3c2)cc(-c2cccc3c2oc2ccccc23)c1.c1cc(-c2ccc3c4ccccc4c4nccnc4c3c2)cc(-c2cccc3c2sc2ccccc23)c1. The largest absolute Gasteiger partial charge is 0.455 e. The van der Waals surface area contributed by atoms with Gasteiger partial charge in [-0.3, -0.25) is 19.9 Å². The highest BCUT2D eigenvalue weighted by Crippen LogP contribution is 2.43. The number of aromatic nitrogens is 4. The van der Waals surface area contributed by atoms with Crippen LogP contribution in [-0.2, 0) is 0 Å². The molecule has 0 bridgehead atoms. The van der Waals surface area contributed by atoms with E-state index in [-0.39, 0.29) is 0 Å². The third-order valence-electron chi connectivity index (χ3n) is 14.7. The highest BCUT2D eigenvalue weighted by Gasteiger charge is 2.17. The lowest BCUT2D eigenvalue weighted by molar-refractivity contribution is 0.670. The summed E-state index contributed by atoms with van der Waals surface area (Å²) in [6.07, 6.45) is 7.11. The third-order valence-corrected chi connectivity index (χ3v) is 15.9. The zero-order valence-corrected chi connectivity index (χ0v) is 40.5. The molecule has 344 valence electrons. The van der Waals surface area contributed by atoms with Gasteiger partial charge in [-0.05, 0) is 96.9 Å². The van der Waals surface area contributed by atoms with Gasteiger partial charge in [0, 0.05) is 82.8 Å². The Morgan fingerprint density at radius 2 is 0.689 bits per heavy atom. The highest BCUT2D eigenvalue weighted by molar-refractivity contribution is 7.26. The molecule has 4 aromatic heterocycles. The zero-order chi connectivity index (χ0) is 48.7. The summed E-state index contributed by atoms with van der Waals surface area (Å²) >= 11 is 1.87. The lowest BCUT2D eigenvalue weighted by Gasteiger charge is -2.11. The summed E-state index contributed by atoms with van der Waals surface area (Å²) in [7, 11) is 0. The molecule has 0 N–H and O–H groups in total. The van der Waals surface area contributed by atoms with Crippen LogP contribution in [0.15, 0.2) is 248 Å². The van der Waals surface area contributed by atoms with Gasteiger partial charge in [0.2, 0.25) is 0 Å². The van der Waals surface area contributed by atoms with Crippen molar-refractivity contribution >= 4 is 119 Å². The quantitative estimate of drug-likeness (QED) is 0.164. The normalized spacial score (nSPS) is 11.8. The van der Waals surface area contributed by atoms with Crippen LogP contribution in [0.25, 0.3) is 152 Å². The van der Waals surface area contributed by atoms with Gasteiger partial charge in [0.15, 0.2) is 0 Å². The van der Waals surface area contributed by atoms with Crippen molar-refractivity contribution in [3.05, 3.63) is 243 Å². The number of rotatable bonds is 4. The first-order valence-corrected chi connectivity index (χ1v) is 25.6. The molecular formula is C68H40N4OS. The van der Waals surface area contributed by atoms with Gasteiger partial charge in [-0.2, -0.15) is 0 Å². The van der Waals surface area contributed by atoms with Crippen molar-refractivity contribution in [3.63, 3.8) is 0 Å². The van der Waals surface area contributed by atoms with E-state index >= 15 is 0 Å². The average Bonchev–Trinajstić information content (AvgIpc) is 4.06. The second kappa shape index (κ2) is 17.0. The van der Waals surface area contributed by atoms with Crippen LogP contribution in [0.2, 0.25) is 0 Å². The Balaban J connectivity index is 0.000000131. The van der Waals surface area contributed by atoms with Crippen LogP contribution in [0.1, 0.15) is 0 Å². The number of thiophene rings is 1. The van der Waals surface area contributed by atoms with Gasteiger partial charge in [-0.1, -0.05) is 182 Å². The molecule has 0 saturated carbocycles. The zero-order valence-electron chi connectivity index (χ0n) is 39.7. The first-order chi connectivity index (χ1) is 36.7. The van der Waals surface area contributed by atoms with Crippen LogP contribution < -0.4 is 0 Å². The van der Waals surface area contributed by atoms with Crippen molar-refractivity contribution in [1.82, 2.24) is 19.9 Å². The van der Waals surface area contributed by atoms with Gasteiger partial charge in [0.25, 0.3) is 0 Å². The molecule has 0 radical (unpaired) electrons. The topological polar surface area (TPSA) is 64.7 Å². The molecule has 0 saturated heterocycles. The highest BCUT2D eigenvalue weighted by atomic mass is 32.1. The van der Waals surface area contributed by atoms with Crippen LogP contribution >= 0.6 is 11.3 Å². The maximum atomic E-state index is 6.32. The number of hydrogen-bond acceptors (Lipinski definition) is 6. The summed E-state index contributed by atoms with van der Waals surface area (Å²) in [6.45, 7) is 0. The number of hydrogen-bond donors (Lipinski definition) is 0. The summed E-state index contributed by atoms with van der Waals surface area (Å²) in [6, 6.07) is 77.9. The third kappa shape index (κ3) is 6.77. The van der Waals surface area contributed by atoms with Crippen LogP contribution in [0.5, 0.6) is 0 Å². The molecule has 0 unspecified atom stereocenters. The van der Waals surface area contributed by atoms with Crippen molar-refractivity contribution in [2.75, 3.05) is 0 Å². The van der Waals surface area contributed by atoms with Crippen molar-refractivity contribution in [2.24, 2.45) is 0 Å². The predicted molar refractivity (Wildman–Crippen MR) is 311 cm³/mol. The van der Waals surface area contributed by atoms with Gasteiger partial charge < -0.3 is 4.42 Å². The number of benzene rings is 12. The molecule has 0 amide bonds. The molecular weight excluding hydrogens is 921 g/mol. The summed E-state index contributed by atoms with van der Waals surface area (Å²) < 4.78 is 8.98. The average molecular weight is 961 g/mol. The molecule has 12 aromatic carbocycles. The van der Waals surface area contributed by atoms with Crippen LogP contribution in [0.3, 0.4) is 0 Å². The van der Waals surface area contributed by atoms with Gasteiger partial charge >= 0.3 is 0 Å². The summed E-state index contributed by atoms with van der Waals surface area (Å²) in [5.74, 6) is 0. The molecule has 16 rings (SSSR count). The molecule has 0 fully saturated rings. The van der Waals surface area contributed by atoms with E-state index in [2.05, 4.69) is 211 Å². The van der Waals surface area contributed by atoms with E-state index in [0.29, 0.717) is 0 Å². The van der Waals surface area contributed by atoms with Crippen LogP contribution in [0.4, 0.5) is 0 Å². The van der Waals surface area contributed by atoms with Crippen molar-refractivity contribution in [1.29, 1.82) is 0 Å². The maximum absolute atomic E-state index is 6.32. The molecule has 16 aromatic rings. The van der Waals surface area contributed by atoms with E-state index in [1.165, 1.54) is 64.0 Å². The Labute approximate surface area is 428 Å². The first-order valence-electron chi connectivity index (χ1n) is 24.8. The fourth-order valence-corrected chi connectivity index (χ4v) is 12.5. The Morgan fingerprint density at radius 1 is 0.270 bits per heavy atom. The van der Waals surface area contributed by atoms with E-state index in [1.54, 1.807) is 24.8 Å². The monoisotopic (exact) mass is 960 g/mol. The lowest BCUT2D eigenvalue weighted by Crippen LogP contribution is -1.89. The number of furan rings is 1. The van der Waals surface area contributed by atoms with Crippen molar-refractivity contribution < 1.29 is 4.42 Å². The maximum Gasteiger partial charge on any atom is 0.143 e. The molecule has 0 spiro atoms. The van der Waals surface area contributed by atoms with E-state index in [0.717, 1.165) is 87.8 Å². The lowest BCUT2D eigenvalue weighted by atomic mass is 9.94. The minimum absolute atomic E-state index is 0.913. The summed E-state index contributed by atoms with van der Waals surface area (Å²) in [5, 5.41) is 14.3. The molecule has 0 aliphatic rings. The molecule has 0 aliphatic heterocycles. The smallest absolute Gasteiger partial charge is 0.143 e. The molecule has 0 atom stereocenters. The first kappa shape index (κ1) is 42.1. The standard InChI is InChI=1S/C34H20N2O.C34H20N2S/c2*1-2-11-28-25(9-1)26-16-15-22(20-30(26)33-32(28)35-17-18-36-33)21-7-5-8-23(19-21)24-12-6-13-29-27-10-3-4-14-31(27)37-34(24)29/h2*1-20H. The Kier molecular flexibility index (Phi) is 9.68. The number of nitrogens with zero attached hydrogens (tertiary/aromatic N) is 4. The van der Waals surface area contributed by atoms with Crippen molar-refractivity contribution in [2.45, 2.75) is 0 Å². The molecule has 4 heterocycles. The number of para-hydroxylation sites is 2. The second-order valence-electron chi connectivity index (χ2n) is 18.8. The van der Waals surface area contributed by atoms with Crippen LogP contribution in [0, 0.1) is 0 Å². The van der Waals surface area contributed by atoms with E-state index in [4.69, 9.17) is 19.4 Å². The van der Waals surface area contributed by atoms with E-state index < -0.39 is 0 Å². The fourth-order valence-electron chi connectivity index (χ4n) is 11.3. The summed E-state index contributed by atoms with van der Waals surface area (Å²) in [4.78, 5) is 18.9. The van der Waals surface area contributed by atoms with Gasteiger partial charge in [0.05, 0.1) is 22.1 Å². The van der Waals surface area contributed by atoms with Gasteiger partial charge in [-0.15, -0.1) is 11.3 Å². The summed E-state index contributed by atoms with van der Waals surface area (Å²) in [5.41, 5.74) is 15.0. The number of fused-ring (bicyclic) bond motifs is 18. The van der Waals surface area contributed by atoms with Crippen LogP contribution in [-0.4, -0.2) is 19.9 Å². The van der Waals surface area contributed by atoms with Gasteiger partial charge in [-0.25, -0.2) is 0 Å². The molecule has 5 nitrogen and oxygen atoms in total. The van der Waals surface area contributed by atoms with Crippen molar-refractivity contribution in [3.8, 4) is 44.5 Å². The second-order valence-corrected chi connectivity index (χ2v) is 19.9. The van der Waals surface area contributed by atoms with Gasteiger partial charge in [0.1, 0.15) is 11.2 Å². The minimum atomic E-state index is 0.913. The van der Waals surface area contributed by atoms with E-state index in [9.17, 15) is 0 Å². The molecule has 0 aliphatic carbocycles.